The summed E-state index contributed by atoms with van der Waals surface area (Å²) in [6.45, 7) is 4.49. The number of H-pyrrole nitrogens is 1. The molecule has 0 fully saturated rings. The molecular formula is C20H34N2O2. The van der Waals surface area contributed by atoms with Crippen molar-refractivity contribution in [3.63, 3.8) is 0 Å². The Bertz CT molecular complexity index is 584. The number of hydrogen-bond donors (Lipinski definition) is 1. The first-order valence-electron chi connectivity index (χ1n) is 9.60. The molecule has 0 aliphatic heterocycles. The van der Waals surface area contributed by atoms with Crippen LogP contribution in [0.25, 0.3) is 0 Å². The topological polar surface area (TPSA) is 54.9 Å². The summed E-state index contributed by atoms with van der Waals surface area (Å²) in [5.41, 5.74) is -0.0718. The second-order valence-corrected chi connectivity index (χ2v) is 6.67. The van der Waals surface area contributed by atoms with E-state index in [2.05, 4.69) is 18.0 Å². The van der Waals surface area contributed by atoms with E-state index in [0.717, 1.165) is 6.42 Å². The summed E-state index contributed by atoms with van der Waals surface area (Å²) in [5, 5.41) is 0. The quantitative estimate of drug-likeness (QED) is 0.419. The van der Waals surface area contributed by atoms with Crippen LogP contribution in [-0.2, 0) is 6.54 Å². The number of unbranched alkanes of at least 4 members (excludes halogenated alkanes) is 10. The molecule has 0 aliphatic rings. The predicted molar refractivity (Wildman–Crippen MR) is 102 cm³/mol. The minimum absolute atomic E-state index is 0.300. The van der Waals surface area contributed by atoms with Crippen molar-refractivity contribution >= 4 is 0 Å². The number of rotatable bonds is 13. The van der Waals surface area contributed by atoms with Crippen molar-refractivity contribution < 1.29 is 0 Å². The first-order valence-corrected chi connectivity index (χ1v) is 9.60. The van der Waals surface area contributed by atoms with Crippen LogP contribution in [-0.4, -0.2) is 9.55 Å². The monoisotopic (exact) mass is 334 g/mol. The third-order valence-electron chi connectivity index (χ3n) is 4.38. The molecule has 4 nitrogen and oxygen atoms in total. The molecule has 1 rings (SSSR count). The number of aryl methyl sites for hydroxylation is 1. The number of hydrogen-bond acceptors (Lipinski definition) is 2. The Labute approximate surface area is 146 Å². The number of allylic oxidation sites excluding steroid dienone is 2. The van der Waals surface area contributed by atoms with Gasteiger partial charge >= 0.3 is 5.69 Å². The summed E-state index contributed by atoms with van der Waals surface area (Å²) in [7, 11) is 0. The van der Waals surface area contributed by atoms with Gasteiger partial charge in [-0.2, -0.15) is 0 Å². The lowest BCUT2D eigenvalue weighted by atomic mass is 10.1. The lowest BCUT2D eigenvalue weighted by Gasteiger charge is -2.02. The Kier molecular flexibility index (Phi) is 10.9. The summed E-state index contributed by atoms with van der Waals surface area (Å²) in [4.78, 5) is 25.2. The van der Waals surface area contributed by atoms with Crippen LogP contribution in [0.1, 0.15) is 83.1 Å². The minimum Gasteiger partial charge on any atom is -0.297 e. The molecule has 4 heteroatoms. The summed E-state index contributed by atoms with van der Waals surface area (Å²) in [6.07, 6.45) is 20.3. The molecule has 0 spiro atoms. The zero-order chi connectivity index (χ0) is 17.6. The fourth-order valence-corrected chi connectivity index (χ4v) is 2.81. The van der Waals surface area contributed by atoms with Gasteiger partial charge < -0.3 is 0 Å². The molecule has 0 amide bonds. The van der Waals surface area contributed by atoms with E-state index in [9.17, 15) is 9.59 Å². The van der Waals surface area contributed by atoms with Crippen LogP contribution in [0, 0.1) is 6.92 Å². The summed E-state index contributed by atoms with van der Waals surface area (Å²) < 4.78 is 1.53. The number of nitrogens with one attached hydrogen (secondary N) is 1. The van der Waals surface area contributed by atoms with Crippen molar-refractivity contribution in [2.24, 2.45) is 0 Å². The molecule has 0 saturated heterocycles. The Morgan fingerprint density at radius 2 is 1.50 bits per heavy atom. The molecule has 1 aromatic heterocycles. The standard InChI is InChI=1S/C20H34N2O2/c1-3-4-5-6-7-8-9-10-11-12-13-14-15-16-22-17-18(2)19(23)21-20(22)24/h14-15,17H,3-13,16H2,1-2H3,(H,21,23,24)/b15-14-. The van der Waals surface area contributed by atoms with E-state index in [4.69, 9.17) is 0 Å². The van der Waals surface area contributed by atoms with Gasteiger partial charge in [-0.05, 0) is 19.8 Å². The lowest BCUT2D eigenvalue weighted by Crippen LogP contribution is -2.30. The maximum absolute atomic E-state index is 11.6. The third-order valence-corrected chi connectivity index (χ3v) is 4.38. The maximum atomic E-state index is 11.6. The number of nitrogens with zero attached hydrogens (tertiary/aromatic N) is 1. The molecule has 0 radical (unpaired) electrons. The first kappa shape index (κ1) is 20.5. The fourth-order valence-electron chi connectivity index (χ4n) is 2.81. The lowest BCUT2D eigenvalue weighted by molar-refractivity contribution is 0.557. The first-order chi connectivity index (χ1) is 11.6. The van der Waals surface area contributed by atoms with Gasteiger partial charge in [0.1, 0.15) is 0 Å². The highest BCUT2D eigenvalue weighted by atomic mass is 16.2. The molecule has 1 heterocycles. The van der Waals surface area contributed by atoms with Gasteiger partial charge in [-0.1, -0.05) is 76.9 Å². The smallest absolute Gasteiger partial charge is 0.297 e. The average Bonchev–Trinajstić information content (AvgIpc) is 2.56. The molecule has 1 aromatic rings. The van der Waals surface area contributed by atoms with Crippen molar-refractivity contribution in [1.29, 1.82) is 0 Å². The highest BCUT2D eigenvalue weighted by Crippen LogP contribution is 2.11. The zero-order valence-corrected chi connectivity index (χ0v) is 15.5. The van der Waals surface area contributed by atoms with Crippen molar-refractivity contribution in [2.45, 2.75) is 91.0 Å². The SMILES string of the molecule is CCCCCCCCCCCC/C=C\Cn1cc(C)c(=O)[nH]c1=O. The van der Waals surface area contributed by atoms with Crippen LogP contribution in [0.4, 0.5) is 0 Å². The third kappa shape index (κ3) is 8.90. The molecular weight excluding hydrogens is 300 g/mol. The molecule has 24 heavy (non-hydrogen) atoms. The van der Waals surface area contributed by atoms with Gasteiger partial charge in [0.15, 0.2) is 0 Å². The van der Waals surface area contributed by atoms with Crippen LogP contribution < -0.4 is 11.2 Å². The molecule has 136 valence electrons. The summed E-state index contributed by atoms with van der Waals surface area (Å²) in [5.74, 6) is 0. The second kappa shape index (κ2) is 12.8. The van der Waals surface area contributed by atoms with Gasteiger partial charge in [0.2, 0.25) is 0 Å². The fraction of sp³-hybridized carbons (Fsp3) is 0.700. The van der Waals surface area contributed by atoms with Gasteiger partial charge in [-0.15, -0.1) is 0 Å². The van der Waals surface area contributed by atoms with Gasteiger partial charge in [-0.3, -0.25) is 14.3 Å². The summed E-state index contributed by atoms with van der Waals surface area (Å²) >= 11 is 0. The van der Waals surface area contributed by atoms with Crippen molar-refractivity contribution in [2.75, 3.05) is 0 Å². The van der Waals surface area contributed by atoms with Crippen LogP contribution in [0.2, 0.25) is 0 Å². The largest absolute Gasteiger partial charge is 0.328 e. The maximum Gasteiger partial charge on any atom is 0.328 e. The Morgan fingerprint density at radius 3 is 2.12 bits per heavy atom. The Balaban J connectivity index is 2.04. The molecule has 1 N–H and O–H groups in total. The second-order valence-electron chi connectivity index (χ2n) is 6.67. The number of aromatic nitrogens is 2. The highest BCUT2D eigenvalue weighted by Gasteiger charge is 1.98. The van der Waals surface area contributed by atoms with Crippen LogP contribution in [0.15, 0.2) is 27.9 Å². The van der Waals surface area contributed by atoms with E-state index in [1.165, 1.54) is 68.8 Å². The van der Waals surface area contributed by atoms with Gasteiger partial charge in [0, 0.05) is 18.3 Å². The molecule has 0 aliphatic carbocycles. The van der Waals surface area contributed by atoms with E-state index in [-0.39, 0.29) is 11.2 Å². The number of aromatic amines is 1. The molecule has 0 unspecified atom stereocenters. The zero-order valence-electron chi connectivity index (χ0n) is 15.5. The highest BCUT2D eigenvalue weighted by molar-refractivity contribution is 5.01. The van der Waals surface area contributed by atoms with Crippen molar-refractivity contribution in [1.82, 2.24) is 9.55 Å². The molecule has 0 saturated carbocycles. The van der Waals surface area contributed by atoms with Gasteiger partial charge in [0.05, 0.1) is 0 Å². The van der Waals surface area contributed by atoms with E-state index >= 15 is 0 Å². The van der Waals surface area contributed by atoms with E-state index < -0.39 is 0 Å². The normalized spacial score (nSPS) is 11.4. The molecule has 0 aromatic carbocycles. The van der Waals surface area contributed by atoms with Crippen LogP contribution >= 0.6 is 0 Å². The molecule has 0 atom stereocenters. The van der Waals surface area contributed by atoms with E-state index in [0.29, 0.717) is 12.1 Å². The molecule has 0 bridgehead atoms. The van der Waals surface area contributed by atoms with E-state index in [1.807, 2.05) is 6.08 Å². The van der Waals surface area contributed by atoms with Crippen molar-refractivity contribution in [3.8, 4) is 0 Å². The van der Waals surface area contributed by atoms with Crippen LogP contribution in [0.3, 0.4) is 0 Å². The Hall–Kier alpha value is -1.58. The Morgan fingerprint density at radius 1 is 0.917 bits per heavy atom. The van der Waals surface area contributed by atoms with Gasteiger partial charge in [0.25, 0.3) is 5.56 Å². The van der Waals surface area contributed by atoms with Crippen molar-refractivity contribution in [3.05, 3.63) is 44.8 Å². The van der Waals surface area contributed by atoms with Gasteiger partial charge in [-0.25, -0.2) is 4.79 Å². The van der Waals surface area contributed by atoms with E-state index in [1.54, 1.807) is 13.1 Å². The minimum atomic E-state index is -0.339. The predicted octanol–water partition coefficient (Wildman–Crippen LogP) is 4.71. The average molecular weight is 335 g/mol. The van der Waals surface area contributed by atoms with Crippen LogP contribution in [0.5, 0.6) is 0 Å². The summed E-state index contributed by atoms with van der Waals surface area (Å²) in [6, 6.07) is 0.